The number of imidazole rings is 1. The second-order valence-electron chi connectivity index (χ2n) is 5.97. The highest BCUT2D eigenvalue weighted by molar-refractivity contribution is 6.30. The van der Waals surface area contributed by atoms with Crippen molar-refractivity contribution in [2.75, 3.05) is 0 Å². The minimum atomic E-state index is 0.637. The smallest absolute Gasteiger partial charge is 0.135 e. The quantitative estimate of drug-likeness (QED) is 0.399. The second-order valence-corrected chi connectivity index (χ2v) is 6.41. The van der Waals surface area contributed by atoms with Gasteiger partial charge in [-0.15, -0.1) is 5.10 Å². The molecule has 0 amide bonds. The van der Waals surface area contributed by atoms with E-state index >= 15 is 0 Å². The summed E-state index contributed by atoms with van der Waals surface area (Å²) in [5, 5.41) is 8.93. The Morgan fingerprint density at radius 3 is 2.77 bits per heavy atom. The molecule has 26 heavy (non-hydrogen) atoms. The van der Waals surface area contributed by atoms with E-state index in [4.69, 9.17) is 11.6 Å². The van der Waals surface area contributed by atoms with Crippen LogP contribution in [0.1, 0.15) is 22.6 Å². The van der Waals surface area contributed by atoms with Crippen molar-refractivity contribution in [3.63, 3.8) is 0 Å². The van der Waals surface area contributed by atoms with E-state index in [1.54, 1.807) is 12.5 Å². The third kappa shape index (κ3) is 2.40. The number of hydrogen-bond acceptors (Lipinski definition) is 3. The lowest BCUT2D eigenvalue weighted by molar-refractivity contribution is 0.778. The van der Waals surface area contributed by atoms with E-state index in [9.17, 15) is 0 Å². The van der Waals surface area contributed by atoms with Crippen LogP contribution in [0.2, 0.25) is 5.02 Å². The first-order chi connectivity index (χ1) is 12.8. The third-order valence-corrected chi connectivity index (χ3v) is 4.59. The fourth-order valence-electron chi connectivity index (χ4n) is 3.13. The maximum absolute atomic E-state index is 6.20. The minimum absolute atomic E-state index is 0.637. The molecule has 5 nitrogen and oxygen atoms in total. The summed E-state index contributed by atoms with van der Waals surface area (Å²) >= 11 is 6.20. The number of benzene rings is 2. The van der Waals surface area contributed by atoms with E-state index in [-0.39, 0.29) is 0 Å². The summed E-state index contributed by atoms with van der Waals surface area (Å²) in [6.45, 7) is 0. The number of hydrogen-bond donors (Lipinski definition) is 0. The third-order valence-electron chi connectivity index (χ3n) is 4.36. The van der Waals surface area contributed by atoms with Gasteiger partial charge >= 0.3 is 0 Å². The molecule has 0 fully saturated rings. The van der Waals surface area contributed by atoms with Gasteiger partial charge in [-0.05, 0) is 36.3 Å². The zero-order valence-corrected chi connectivity index (χ0v) is 14.4. The van der Waals surface area contributed by atoms with Crippen LogP contribution in [0.4, 0.5) is 0 Å². The van der Waals surface area contributed by atoms with Crippen LogP contribution in [-0.4, -0.2) is 24.5 Å². The summed E-state index contributed by atoms with van der Waals surface area (Å²) in [4.78, 5) is 4.54. The molecule has 0 saturated heterocycles. The zero-order valence-electron chi connectivity index (χ0n) is 13.6. The van der Waals surface area contributed by atoms with Crippen molar-refractivity contribution in [1.29, 1.82) is 0 Å². The van der Waals surface area contributed by atoms with Crippen LogP contribution in [0.15, 0.2) is 61.1 Å². The van der Waals surface area contributed by atoms with E-state index in [2.05, 4.69) is 31.7 Å². The van der Waals surface area contributed by atoms with E-state index in [0.717, 1.165) is 34.0 Å². The SMILES string of the molecule is Clc1ccc2c(c1)-n1nncc1Cc1c(C#Cc3ccccc3)ncn1-2. The first-order valence-electron chi connectivity index (χ1n) is 8.13. The lowest BCUT2D eigenvalue weighted by Crippen LogP contribution is -2.03. The highest BCUT2D eigenvalue weighted by Crippen LogP contribution is 2.30. The number of nitrogens with zero attached hydrogens (tertiary/aromatic N) is 5. The van der Waals surface area contributed by atoms with Gasteiger partial charge in [-0.2, -0.15) is 0 Å². The van der Waals surface area contributed by atoms with Crippen LogP contribution in [0.5, 0.6) is 0 Å². The van der Waals surface area contributed by atoms with Gasteiger partial charge in [-0.1, -0.05) is 40.9 Å². The molecule has 2 aromatic heterocycles. The van der Waals surface area contributed by atoms with E-state index < -0.39 is 0 Å². The van der Waals surface area contributed by atoms with E-state index in [1.165, 1.54) is 0 Å². The molecule has 0 radical (unpaired) electrons. The van der Waals surface area contributed by atoms with Gasteiger partial charge in [0.05, 0.1) is 29.0 Å². The lowest BCUT2D eigenvalue weighted by Gasteiger charge is -2.09. The lowest BCUT2D eigenvalue weighted by atomic mass is 10.2. The largest absolute Gasteiger partial charge is 0.299 e. The molecule has 0 N–H and O–H groups in total. The predicted octanol–water partition coefficient (Wildman–Crippen LogP) is 3.41. The van der Waals surface area contributed by atoms with Gasteiger partial charge < -0.3 is 0 Å². The topological polar surface area (TPSA) is 48.5 Å². The van der Waals surface area contributed by atoms with Crippen LogP contribution in [0, 0.1) is 11.8 Å². The molecule has 0 aliphatic carbocycles. The van der Waals surface area contributed by atoms with E-state index in [1.807, 2.05) is 53.2 Å². The Kier molecular flexibility index (Phi) is 3.37. The van der Waals surface area contributed by atoms with Crippen molar-refractivity contribution in [2.24, 2.45) is 0 Å². The Bertz CT molecular complexity index is 1180. The molecule has 0 unspecified atom stereocenters. The average Bonchev–Trinajstić information content (AvgIpc) is 3.26. The Balaban J connectivity index is 1.69. The summed E-state index contributed by atoms with van der Waals surface area (Å²) < 4.78 is 3.87. The maximum atomic E-state index is 6.20. The molecule has 0 saturated carbocycles. The minimum Gasteiger partial charge on any atom is -0.299 e. The predicted molar refractivity (Wildman–Crippen MR) is 98.7 cm³/mol. The van der Waals surface area contributed by atoms with Crippen molar-refractivity contribution in [3.8, 4) is 23.2 Å². The summed E-state index contributed by atoms with van der Waals surface area (Å²) in [6.07, 6.45) is 4.21. The van der Waals surface area contributed by atoms with Crippen LogP contribution >= 0.6 is 11.6 Å². The molecule has 2 aromatic carbocycles. The Labute approximate surface area is 154 Å². The van der Waals surface area contributed by atoms with Crippen molar-refractivity contribution in [3.05, 3.63) is 88.7 Å². The molecule has 6 heteroatoms. The number of aromatic nitrogens is 5. The standard InChI is InChI=1S/C20H12ClN5/c21-15-7-9-18-20(10-15)26-16(12-23-24-26)11-19-17(22-13-25(18)19)8-6-14-4-2-1-3-5-14/h1-5,7,9-10,12-13H,11H2. The van der Waals surface area contributed by atoms with Crippen LogP contribution in [0.3, 0.4) is 0 Å². The van der Waals surface area contributed by atoms with Crippen LogP contribution < -0.4 is 0 Å². The van der Waals surface area contributed by atoms with Gasteiger partial charge in [0.15, 0.2) is 0 Å². The highest BCUT2D eigenvalue weighted by Gasteiger charge is 2.22. The van der Waals surface area contributed by atoms with Crippen molar-refractivity contribution in [1.82, 2.24) is 24.5 Å². The summed E-state index contributed by atoms with van der Waals surface area (Å²) in [6, 6.07) is 15.6. The molecule has 1 aliphatic heterocycles. The number of rotatable bonds is 0. The molecule has 3 heterocycles. The van der Waals surface area contributed by atoms with Gasteiger partial charge in [0.1, 0.15) is 12.0 Å². The van der Waals surface area contributed by atoms with Gasteiger partial charge in [0, 0.05) is 17.0 Å². The van der Waals surface area contributed by atoms with Crippen LogP contribution in [0.25, 0.3) is 11.4 Å². The summed E-state index contributed by atoms with van der Waals surface area (Å²) in [5.41, 5.74) is 5.53. The summed E-state index contributed by atoms with van der Waals surface area (Å²) in [7, 11) is 0. The average molecular weight is 358 g/mol. The van der Waals surface area contributed by atoms with Gasteiger partial charge in [-0.3, -0.25) is 4.57 Å². The molecule has 0 atom stereocenters. The molecule has 124 valence electrons. The number of halogens is 1. The Morgan fingerprint density at radius 2 is 1.88 bits per heavy atom. The molecular formula is C20H12ClN5. The van der Waals surface area contributed by atoms with Crippen molar-refractivity contribution in [2.45, 2.75) is 6.42 Å². The van der Waals surface area contributed by atoms with Gasteiger partial charge in [0.25, 0.3) is 0 Å². The Hall–Kier alpha value is -3.36. The molecule has 0 spiro atoms. The maximum Gasteiger partial charge on any atom is 0.135 e. The fourth-order valence-corrected chi connectivity index (χ4v) is 3.30. The monoisotopic (exact) mass is 357 g/mol. The van der Waals surface area contributed by atoms with Gasteiger partial charge in [-0.25, -0.2) is 9.67 Å². The van der Waals surface area contributed by atoms with Gasteiger partial charge in [0.2, 0.25) is 0 Å². The van der Waals surface area contributed by atoms with Crippen molar-refractivity contribution >= 4 is 11.6 Å². The second kappa shape index (κ2) is 5.87. The zero-order chi connectivity index (χ0) is 17.5. The normalized spacial score (nSPS) is 11.6. The van der Waals surface area contributed by atoms with Crippen LogP contribution in [-0.2, 0) is 6.42 Å². The molecule has 0 bridgehead atoms. The fraction of sp³-hybridized carbons (Fsp3) is 0.0500. The molecular weight excluding hydrogens is 346 g/mol. The molecule has 1 aliphatic rings. The van der Waals surface area contributed by atoms with E-state index in [0.29, 0.717) is 11.4 Å². The molecule has 5 rings (SSSR count). The summed E-state index contributed by atoms with van der Waals surface area (Å²) in [5.74, 6) is 6.39. The Morgan fingerprint density at radius 1 is 1.00 bits per heavy atom. The van der Waals surface area contributed by atoms with Crippen molar-refractivity contribution < 1.29 is 0 Å². The highest BCUT2D eigenvalue weighted by atomic mass is 35.5. The first-order valence-corrected chi connectivity index (χ1v) is 8.50. The molecule has 4 aromatic rings. The number of fused-ring (bicyclic) bond motifs is 5. The first kappa shape index (κ1) is 14.9.